The van der Waals surface area contributed by atoms with Crippen LogP contribution in [0.3, 0.4) is 0 Å². The third-order valence-electron chi connectivity index (χ3n) is 5.60. The first-order chi connectivity index (χ1) is 14.4. The van der Waals surface area contributed by atoms with E-state index in [9.17, 15) is 9.59 Å². The molecular formula is C24H25N3O3. The molecule has 154 valence electrons. The van der Waals surface area contributed by atoms with Gasteiger partial charge in [-0.05, 0) is 62.2 Å². The number of aryl methyl sites for hydroxylation is 1. The minimum absolute atomic E-state index is 0.0375. The van der Waals surface area contributed by atoms with E-state index < -0.39 is 0 Å². The van der Waals surface area contributed by atoms with Gasteiger partial charge < -0.3 is 19.5 Å². The van der Waals surface area contributed by atoms with E-state index in [1.807, 2.05) is 66.9 Å². The molecule has 2 amide bonds. The maximum absolute atomic E-state index is 13.0. The van der Waals surface area contributed by atoms with Gasteiger partial charge in [0.2, 0.25) is 5.91 Å². The zero-order chi connectivity index (χ0) is 21.4. The van der Waals surface area contributed by atoms with E-state index in [1.165, 1.54) is 0 Å². The summed E-state index contributed by atoms with van der Waals surface area (Å²) in [4.78, 5) is 26.5. The summed E-state index contributed by atoms with van der Waals surface area (Å²) in [5, 5.41) is 3.01. The Balaban J connectivity index is 1.60. The van der Waals surface area contributed by atoms with E-state index in [1.54, 1.807) is 18.9 Å². The molecule has 1 aliphatic heterocycles. The number of amides is 2. The second kappa shape index (κ2) is 7.71. The average Bonchev–Trinajstić information content (AvgIpc) is 3.28. The Labute approximate surface area is 176 Å². The summed E-state index contributed by atoms with van der Waals surface area (Å²) >= 11 is 0. The van der Waals surface area contributed by atoms with Gasteiger partial charge in [0.25, 0.3) is 5.91 Å². The average molecular weight is 403 g/mol. The van der Waals surface area contributed by atoms with Crippen LogP contribution in [0, 0.1) is 13.8 Å². The lowest BCUT2D eigenvalue weighted by Crippen LogP contribution is -2.25. The summed E-state index contributed by atoms with van der Waals surface area (Å²) in [7, 11) is 1.64. The van der Waals surface area contributed by atoms with Crippen molar-refractivity contribution in [2.75, 3.05) is 23.9 Å². The monoisotopic (exact) mass is 403 g/mol. The second-order valence-corrected chi connectivity index (χ2v) is 7.54. The molecule has 0 atom stereocenters. The second-order valence-electron chi connectivity index (χ2n) is 7.54. The van der Waals surface area contributed by atoms with Crippen LogP contribution in [0.5, 0.6) is 5.75 Å². The van der Waals surface area contributed by atoms with E-state index in [2.05, 4.69) is 5.32 Å². The molecule has 0 spiro atoms. The largest absolute Gasteiger partial charge is 0.497 e. The van der Waals surface area contributed by atoms with Crippen molar-refractivity contribution >= 4 is 23.2 Å². The number of carbonyl (C=O) groups excluding carboxylic acids is 2. The van der Waals surface area contributed by atoms with Crippen molar-refractivity contribution in [2.45, 2.75) is 27.2 Å². The van der Waals surface area contributed by atoms with Gasteiger partial charge in [-0.2, -0.15) is 0 Å². The number of nitrogens with zero attached hydrogens (tertiary/aromatic N) is 2. The van der Waals surface area contributed by atoms with E-state index in [-0.39, 0.29) is 11.8 Å². The molecular weight excluding hydrogens is 378 g/mol. The fraction of sp³-hybridized carbons (Fsp3) is 0.250. The lowest BCUT2D eigenvalue weighted by atomic mass is 10.1. The van der Waals surface area contributed by atoms with Crippen LogP contribution in [0.4, 0.5) is 11.4 Å². The standard InChI is InChI=1S/C24H25N3O3/c1-15-12-22(16(2)27(15)20-6-5-7-21(14-20)30-4)24(29)25-19-8-9-23-18(13-19)10-11-26(23)17(3)28/h5-9,12-14H,10-11H2,1-4H3,(H,25,29). The number of anilines is 2. The minimum Gasteiger partial charge on any atom is -0.497 e. The van der Waals surface area contributed by atoms with Gasteiger partial charge in [0.1, 0.15) is 5.75 Å². The van der Waals surface area contributed by atoms with Gasteiger partial charge in [-0.25, -0.2) is 0 Å². The van der Waals surface area contributed by atoms with E-state index in [4.69, 9.17) is 4.74 Å². The number of fused-ring (bicyclic) bond motifs is 1. The van der Waals surface area contributed by atoms with Gasteiger partial charge >= 0.3 is 0 Å². The molecule has 1 N–H and O–H groups in total. The van der Waals surface area contributed by atoms with Crippen LogP contribution in [0.2, 0.25) is 0 Å². The highest BCUT2D eigenvalue weighted by molar-refractivity contribution is 6.05. The first kappa shape index (κ1) is 19.8. The van der Waals surface area contributed by atoms with Gasteiger partial charge in [0.05, 0.1) is 12.7 Å². The Hall–Kier alpha value is -3.54. The Morgan fingerprint density at radius 1 is 1.07 bits per heavy atom. The van der Waals surface area contributed by atoms with Crippen LogP contribution in [0.15, 0.2) is 48.5 Å². The molecule has 2 heterocycles. The fourth-order valence-corrected chi connectivity index (χ4v) is 4.14. The molecule has 3 aromatic rings. The Bertz CT molecular complexity index is 1150. The Kier molecular flexibility index (Phi) is 5.08. The van der Waals surface area contributed by atoms with Crippen LogP contribution in [-0.2, 0) is 11.2 Å². The first-order valence-electron chi connectivity index (χ1n) is 9.95. The number of hydrogen-bond donors (Lipinski definition) is 1. The highest BCUT2D eigenvalue weighted by Gasteiger charge is 2.23. The highest BCUT2D eigenvalue weighted by Crippen LogP contribution is 2.31. The van der Waals surface area contributed by atoms with Crippen molar-refractivity contribution in [3.63, 3.8) is 0 Å². The smallest absolute Gasteiger partial charge is 0.257 e. The number of carbonyl (C=O) groups is 2. The zero-order valence-corrected chi connectivity index (χ0v) is 17.7. The summed E-state index contributed by atoms with van der Waals surface area (Å²) < 4.78 is 7.38. The molecule has 4 rings (SSSR count). The third-order valence-corrected chi connectivity index (χ3v) is 5.60. The van der Waals surface area contributed by atoms with Crippen molar-refractivity contribution in [3.8, 4) is 11.4 Å². The predicted molar refractivity (Wildman–Crippen MR) is 118 cm³/mol. The predicted octanol–water partition coefficient (Wildman–Crippen LogP) is 4.26. The Morgan fingerprint density at radius 3 is 2.60 bits per heavy atom. The Morgan fingerprint density at radius 2 is 1.87 bits per heavy atom. The van der Waals surface area contributed by atoms with Crippen LogP contribution >= 0.6 is 0 Å². The van der Waals surface area contributed by atoms with E-state index >= 15 is 0 Å². The number of hydrogen-bond acceptors (Lipinski definition) is 3. The van der Waals surface area contributed by atoms with Gasteiger partial charge in [0.15, 0.2) is 0 Å². The van der Waals surface area contributed by atoms with Crippen molar-refractivity contribution in [1.82, 2.24) is 4.57 Å². The zero-order valence-electron chi connectivity index (χ0n) is 17.7. The number of ether oxygens (including phenoxy) is 1. The van der Waals surface area contributed by atoms with Crippen molar-refractivity contribution < 1.29 is 14.3 Å². The molecule has 30 heavy (non-hydrogen) atoms. The molecule has 6 heteroatoms. The number of rotatable bonds is 4. The molecule has 0 unspecified atom stereocenters. The molecule has 0 radical (unpaired) electrons. The molecule has 2 aromatic carbocycles. The summed E-state index contributed by atoms with van der Waals surface area (Å²) in [5.41, 5.74) is 6.14. The van der Waals surface area contributed by atoms with Crippen LogP contribution in [0.25, 0.3) is 5.69 Å². The molecule has 6 nitrogen and oxygen atoms in total. The summed E-state index contributed by atoms with van der Waals surface area (Å²) in [6.07, 6.45) is 0.795. The number of aromatic nitrogens is 1. The van der Waals surface area contributed by atoms with Crippen molar-refractivity contribution in [2.24, 2.45) is 0 Å². The molecule has 0 bridgehead atoms. The molecule has 0 fully saturated rings. The van der Waals surface area contributed by atoms with Gasteiger partial charge in [-0.1, -0.05) is 6.07 Å². The molecule has 0 saturated carbocycles. The molecule has 1 aliphatic rings. The maximum atomic E-state index is 13.0. The SMILES string of the molecule is COc1cccc(-n2c(C)cc(C(=O)Nc3ccc4c(c3)CCN4C(C)=O)c2C)c1. The topological polar surface area (TPSA) is 63.6 Å². The first-order valence-corrected chi connectivity index (χ1v) is 9.95. The normalized spacial score (nSPS) is 12.6. The van der Waals surface area contributed by atoms with Crippen molar-refractivity contribution in [1.29, 1.82) is 0 Å². The summed E-state index contributed by atoms with van der Waals surface area (Å²) in [5.74, 6) is 0.651. The maximum Gasteiger partial charge on any atom is 0.257 e. The lowest BCUT2D eigenvalue weighted by Gasteiger charge is -2.15. The van der Waals surface area contributed by atoms with E-state index in [0.717, 1.165) is 46.2 Å². The number of nitrogens with one attached hydrogen (secondary N) is 1. The minimum atomic E-state index is -0.154. The molecule has 0 saturated heterocycles. The lowest BCUT2D eigenvalue weighted by molar-refractivity contribution is -0.116. The van der Waals surface area contributed by atoms with Gasteiger partial charge in [-0.3, -0.25) is 9.59 Å². The van der Waals surface area contributed by atoms with Crippen LogP contribution < -0.4 is 15.0 Å². The third kappa shape index (κ3) is 3.45. The van der Waals surface area contributed by atoms with Crippen LogP contribution in [0.1, 0.15) is 34.2 Å². The quantitative estimate of drug-likeness (QED) is 0.708. The molecule has 0 aliphatic carbocycles. The summed E-state index contributed by atoms with van der Waals surface area (Å²) in [6, 6.07) is 15.4. The number of methoxy groups -OCH3 is 1. The highest BCUT2D eigenvalue weighted by atomic mass is 16.5. The van der Waals surface area contributed by atoms with Gasteiger partial charge in [-0.15, -0.1) is 0 Å². The van der Waals surface area contributed by atoms with Gasteiger partial charge in [0, 0.05) is 48.0 Å². The van der Waals surface area contributed by atoms with Crippen molar-refractivity contribution in [3.05, 3.63) is 71.0 Å². The van der Waals surface area contributed by atoms with Crippen LogP contribution in [-0.4, -0.2) is 30.0 Å². The summed E-state index contributed by atoms with van der Waals surface area (Å²) in [6.45, 7) is 6.18. The fourth-order valence-electron chi connectivity index (χ4n) is 4.14. The molecule has 1 aromatic heterocycles. The van der Waals surface area contributed by atoms with E-state index in [0.29, 0.717) is 12.1 Å². The number of benzene rings is 2.